The van der Waals surface area contributed by atoms with Gasteiger partial charge in [-0.05, 0) is 93.8 Å². The number of carbonyl (C=O) groups excluding carboxylic acids is 11. The summed E-state index contributed by atoms with van der Waals surface area (Å²) in [6.45, 7) is 34.0. The van der Waals surface area contributed by atoms with Gasteiger partial charge in [-0.25, -0.2) is 0 Å². The smallest absolute Gasteiger partial charge is 0.270 e. The molecule has 5 N–H and O–H groups in total. The van der Waals surface area contributed by atoms with Gasteiger partial charge in [0.15, 0.2) is 0 Å². The van der Waals surface area contributed by atoms with E-state index in [-0.39, 0.29) is 61.5 Å². The fourth-order valence-corrected chi connectivity index (χ4v) is 10.9. The number of carbonyl (C=O) groups is 11. The number of hydrogen-bond donors (Lipinski definition) is 5. The lowest BCUT2D eigenvalue weighted by Crippen LogP contribution is -2.63. The van der Waals surface area contributed by atoms with Crippen molar-refractivity contribution in [3.05, 3.63) is 12.3 Å². The van der Waals surface area contributed by atoms with Crippen molar-refractivity contribution in [1.29, 1.82) is 0 Å². The van der Waals surface area contributed by atoms with Gasteiger partial charge in [0, 0.05) is 49.3 Å². The lowest BCUT2D eigenvalue weighted by atomic mass is 9.90. The molecule has 23 nitrogen and oxygen atoms in total. The summed E-state index contributed by atoms with van der Waals surface area (Å²) in [6, 6.07) is -12.5. The van der Waals surface area contributed by atoms with Gasteiger partial charge in [0.05, 0.1) is 6.10 Å². The highest BCUT2D eigenvalue weighted by molar-refractivity contribution is 6.02. The molecule has 11 amide bonds. The molecule has 1 aliphatic heterocycles. The van der Waals surface area contributed by atoms with Gasteiger partial charge in [-0.3, -0.25) is 52.7 Å². The molecule has 1 aliphatic rings. The van der Waals surface area contributed by atoms with Crippen molar-refractivity contribution in [2.45, 2.75) is 236 Å². The highest BCUT2D eigenvalue weighted by Gasteiger charge is 2.46. The average Bonchev–Trinajstić information content (AvgIpc) is 2.39. The van der Waals surface area contributed by atoms with Crippen LogP contribution in [0, 0.1) is 41.4 Å². The first kappa shape index (κ1) is 77.9. The maximum atomic E-state index is 15.2. The molecule has 0 bridgehead atoms. The topological polar surface area (TPSA) is 279 Å². The first-order valence-electron chi connectivity index (χ1n) is 31.1. The number of likely N-dealkylation sites (N-methyl/N-ethyl adjacent to an activating group) is 7. The first-order valence-corrected chi connectivity index (χ1v) is 31.1. The maximum absolute atomic E-state index is 15.2. The fraction of sp³-hybridized carbons (Fsp3) is 0.794. The maximum Gasteiger partial charge on any atom is 0.270 e. The molecule has 0 radical (unpaired) electrons. The normalized spacial score (nSPS) is 26.7. The van der Waals surface area contributed by atoms with E-state index in [0.29, 0.717) is 12.8 Å². The van der Waals surface area contributed by atoms with Gasteiger partial charge in [0.2, 0.25) is 59.1 Å². The second-order valence-corrected chi connectivity index (χ2v) is 26.5. The largest absolute Gasteiger partial charge is 0.390 e. The van der Waals surface area contributed by atoms with Crippen LogP contribution in [-0.2, 0) is 52.7 Å². The molecule has 0 aromatic rings. The molecule has 0 saturated carbocycles. The van der Waals surface area contributed by atoms with Gasteiger partial charge in [-0.15, -0.1) is 0 Å². The Labute approximate surface area is 515 Å². The van der Waals surface area contributed by atoms with Crippen LogP contribution in [0.15, 0.2) is 12.3 Å². The zero-order valence-electron chi connectivity index (χ0n) is 56.8. The summed E-state index contributed by atoms with van der Waals surface area (Å²) in [5, 5.41) is 23.1. The molecule has 0 aliphatic carbocycles. The van der Waals surface area contributed by atoms with Gasteiger partial charge in [0.25, 0.3) is 5.91 Å². The van der Waals surface area contributed by atoms with E-state index in [1.807, 2.05) is 62.3 Å². The van der Waals surface area contributed by atoms with Crippen LogP contribution in [0.1, 0.15) is 169 Å². The van der Waals surface area contributed by atoms with Gasteiger partial charge in [-0.2, -0.15) is 0 Å². The Hall–Kier alpha value is -6.13. The zero-order chi connectivity index (χ0) is 66.8. The first-order chi connectivity index (χ1) is 39.6. The van der Waals surface area contributed by atoms with E-state index < -0.39 is 149 Å². The Morgan fingerprint density at radius 3 is 1.29 bits per heavy atom. The molecule has 0 aromatic heterocycles. The third kappa shape index (κ3) is 21.0. The van der Waals surface area contributed by atoms with E-state index in [9.17, 15) is 48.3 Å². The number of amides is 11. The predicted molar refractivity (Wildman–Crippen MR) is 333 cm³/mol. The van der Waals surface area contributed by atoms with Gasteiger partial charge in [-0.1, -0.05) is 123 Å². The van der Waals surface area contributed by atoms with Crippen molar-refractivity contribution >= 4 is 65.0 Å². The zero-order valence-corrected chi connectivity index (χ0v) is 56.8. The molecule has 0 spiro atoms. The van der Waals surface area contributed by atoms with Crippen LogP contribution in [0.2, 0.25) is 0 Å². The monoisotopic (exact) mass is 1220 g/mol. The van der Waals surface area contributed by atoms with Crippen LogP contribution in [0.25, 0.3) is 0 Å². The van der Waals surface area contributed by atoms with Gasteiger partial charge < -0.3 is 60.7 Å². The fourth-order valence-electron chi connectivity index (χ4n) is 10.9. The molecule has 1 heterocycles. The predicted octanol–water partition coefficient (Wildman–Crippen LogP) is 4.01. The number of nitrogens with one attached hydrogen (secondary N) is 4. The van der Waals surface area contributed by atoms with Crippen LogP contribution >= 0.6 is 0 Å². The second-order valence-electron chi connectivity index (χ2n) is 26.5. The highest BCUT2D eigenvalue weighted by Crippen LogP contribution is 2.26. The summed E-state index contributed by atoms with van der Waals surface area (Å²) in [7, 11) is 9.80. The molecule has 1 rings (SSSR count). The standard InChI is InChI=1S/C63H113N11O12/c1-26-28-29-40(15)52(75)51-56(79)66-44(27-2)59(82)68(19)43(18)58(81)69(20)46(31-35(5)6)55(78)67-49(38(11)12)62(85)70(21)45(30-34(3)4)54(77)64-41(16)53(76)65-42(17)57(80)71(22)47(32-36(7)8)60(83)72(23)48(33-37(9)10)61(84)73(24)50(39(13)14)63(86)74(51)25/h34-42,44-52,75H,18,26-33H2,1-17,19-25H3,(H,64,77)(H,65,76)(H,66,79)(H,67,78)/t40-,41-,42+,44-,45-,46+,47-,48-,49-,50-,51-,52-/m1/s1. The summed E-state index contributed by atoms with van der Waals surface area (Å²) in [5.41, 5.74) is -0.355. The highest BCUT2D eigenvalue weighted by atomic mass is 16.3. The Balaban J connectivity index is 4.37. The number of hydrogen-bond acceptors (Lipinski definition) is 12. The second kappa shape index (κ2) is 35.0. The van der Waals surface area contributed by atoms with Crippen molar-refractivity contribution < 1.29 is 57.8 Å². The number of aliphatic hydroxyl groups excluding tert-OH is 1. The average molecular weight is 1220 g/mol. The molecule has 0 aromatic carbocycles. The lowest BCUT2D eigenvalue weighted by molar-refractivity contribution is -0.157. The van der Waals surface area contributed by atoms with Crippen LogP contribution in [-0.4, -0.2) is 220 Å². The number of aliphatic hydroxyl groups is 1. The Morgan fingerprint density at radius 2 is 0.849 bits per heavy atom. The van der Waals surface area contributed by atoms with Crippen LogP contribution < -0.4 is 21.3 Å². The Bertz CT molecular complexity index is 2360. The quantitative estimate of drug-likeness (QED) is 0.137. The van der Waals surface area contributed by atoms with E-state index in [4.69, 9.17) is 0 Å². The minimum absolute atomic E-state index is 0.0143. The van der Waals surface area contributed by atoms with Crippen molar-refractivity contribution in [3.63, 3.8) is 0 Å². The summed E-state index contributed by atoms with van der Waals surface area (Å²) in [6.07, 6.45) is 1.02. The van der Waals surface area contributed by atoms with Crippen molar-refractivity contribution in [1.82, 2.24) is 55.6 Å². The summed E-state index contributed by atoms with van der Waals surface area (Å²) < 4.78 is 0. The minimum atomic E-state index is -1.61. The Kier molecular flexibility index (Phi) is 31.7. The van der Waals surface area contributed by atoms with Crippen molar-refractivity contribution in [3.8, 4) is 0 Å². The van der Waals surface area contributed by atoms with Crippen LogP contribution in [0.3, 0.4) is 0 Å². The van der Waals surface area contributed by atoms with E-state index in [0.717, 1.165) is 21.1 Å². The van der Waals surface area contributed by atoms with Crippen molar-refractivity contribution in [2.75, 3.05) is 49.3 Å². The molecular formula is C63H113N11O12. The third-order valence-electron chi connectivity index (χ3n) is 16.5. The van der Waals surface area contributed by atoms with Gasteiger partial charge in [0.1, 0.15) is 66.1 Å². The SMILES string of the molecule is C=C1C(=O)N(C)[C@@H](CC(C)C)C(=O)N[C@H](C(C)C)C(=O)N(C)[C@H](CC(C)C)C(=O)N[C@H](C)C(=O)N[C@@H](C)C(=O)N(C)[C@H](CC(C)C)C(=O)N(C)[C@H](CC(C)C)C(=O)N(C)[C@H](C(C)C)C(=O)N(C)[C@H]([C@H](O)[C@H](C)CCCC)C(=O)N[C@H](CC)C(=O)N1C. The minimum Gasteiger partial charge on any atom is -0.390 e. The molecule has 23 heteroatoms. The summed E-state index contributed by atoms with van der Waals surface area (Å²) in [5.74, 6) is -10.1. The van der Waals surface area contributed by atoms with Crippen molar-refractivity contribution in [2.24, 2.45) is 41.4 Å². The molecule has 492 valence electrons. The van der Waals surface area contributed by atoms with Gasteiger partial charge >= 0.3 is 0 Å². The summed E-state index contributed by atoms with van der Waals surface area (Å²) in [4.78, 5) is 169. The molecule has 86 heavy (non-hydrogen) atoms. The van der Waals surface area contributed by atoms with E-state index in [1.165, 1.54) is 82.8 Å². The molecule has 12 atom stereocenters. The molecule has 1 fully saturated rings. The molecule has 0 unspecified atom stereocenters. The molecular weight excluding hydrogens is 1100 g/mol. The summed E-state index contributed by atoms with van der Waals surface area (Å²) >= 11 is 0. The van der Waals surface area contributed by atoms with E-state index >= 15 is 9.59 Å². The lowest BCUT2D eigenvalue weighted by Gasteiger charge is -2.41. The number of rotatable bonds is 16. The molecule has 1 saturated heterocycles. The number of nitrogens with zero attached hydrogens (tertiary/aromatic N) is 7. The van der Waals surface area contributed by atoms with Crippen LogP contribution in [0.5, 0.6) is 0 Å². The third-order valence-corrected chi connectivity index (χ3v) is 16.5. The Morgan fingerprint density at radius 1 is 0.442 bits per heavy atom. The van der Waals surface area contributed by atoms with E-state index in [1.54, 1.807) is 41.5 Å². The van der Waals surface area contributed by atoms with E-state index in [2.05, 4.69) is 27.8 Å². The van der Waals surface area contributed by atoms with Crippen LogP contribution in [0.4, 0.5) is 0 Å². The number of unbranched alkanes of at least 4 members (excludes halogenated alkanes) is 1.